The van der Waals surface area contributed by atoms with E-state index in [4.69, 9.17) is 4.74 Å². The minimum absolute atomic E-state index is 0.103. The van der Waals surface area contributed by atoms with Gasteiger partial charge >= 0.3 is 230 Å². The molecule has 3 aromatic carbocycles. The summed E-state index contributed by atoms with van der Waals surface area (Å²) in [6.45, 7) is 18.6. The van der Waals surface area contributed by atoms with E-state index in [0.717, 1.165) is 16.9 Å². The second kappa shape index (κ2) is 11.6. The molecule has 0 bridgehead atoms. The zero-order valence-electron chi connectivity index (χ0n) is 23.8. The van der Waals surface area contributed by atoms with Gasteiger partial charge in [0, 0.05) is 0 Å². The van der Waals surface area contributed by atoms with Crippen LogP contribution < -0.4 is 0 Å². The first-order chi connectivity index (χ1) is 17.3. The van der Waals surface area contributed by atoms with Crippen molar-refractivity contribution in [2.24, 2.45) is 0 Å². The van der Waals surface area contributed by atoms with Crippen molar-refractivity contribution in [3.05, 3.63) is 118 Å². The van der Waals surface area contributed by atoms with Crippen LogP contribution in [0.15, 0.2) is 101 Å². The molecular formula is C34H44O2Sn. The van der Waals surface area contributed by atoms with E-state index in [9.17, 15) is 4.79 Å². The van der Waals surface area contributed by atoms with Gasteiger partial charge in [-0.2, -0.15) is 0 Å². The van der Waals surface area contributed by atoms with E-state index >= 15 is 0 Å². The number of rotatable bonds is 11. The molecule has 0 aromatic heterocycles. The molecule has 0 heterocycles. The first-order valence-electron chi connectivity index (χ1n) is 13.3. The molecule has 0 saturated carbocycles. The van der Waals surface area contributed by atoms with Crippen molar-refractivity contribution in [1.29, 1.82) is 0 Å². The van der Waals surface area contributed by atoms with E-state index in [1.54, 1.807) is 0 Å². The Bertz CT molecular complexity index is 1050. The Hall–Kier alpha value is -2.33. The summed E-state index contributed by atoms with van der Waals surface area (Å²) in [4.78, 5) is 13.4. The van der Waals surface area contributed by atoms with Crippen molar-refractivity contribution in [3.8, 4) is 0 Å². The van der Waals surface area contributed by atoms with Crippen LogP contribution in [0.25, 0.3) is 0 Å². The summed E-state index contributed by atoms with van der Waals surface area (Å²) >= 11 is -3.67. The first kappa shape index (κ1) is 29.2. The predicted molar refractivity (Wildman–Crippen MR) is 160 cm³/mol. The Morgan fingerprint density at radius 3 is 1.14 bits per heavy atom. The van der Waals surface area contributed by atoms with E-state index in [-0.39, 0.29) is 22.2 Å². The molecule has 3 aromatic rings. The minimum atomic E-state index is -3.67. The summed E-state index contributed by atoms with van der Waals surface area (Å²) in [5, 5.41) is 0. The predicted octanol–water partition coefficient (Wildman–Crippen LogP) is 8.64. The van der Waals surface area contributed by atoms with E-state index in [1.165, 1.54) is 23.8 Å². The summed E-state index contributed by atoms with van der Waals surface area (Å²) in [5.41, 5.74) is 3.62. The summed E-state index contributed by atoms with van der Waals surface area (Å²) < 4.78 is 9.10. The molecule has 0 radical (unpaired) electrons. The molecule has 0 N–H and O–H groups in total. The molecule has 37 heavy (non-hydrogen) atoms. The van der Waals surface area contributed by atoms with Gasteiger partial charge in [0.05, 0.1) is 0 Å². The maximum absolute atomic E-state index is 13.4. The Labute approximate surface area is 229 Å². The second-order valence-corrected chi connectivity index (χ2v) is 24.6. The van der Waals surface area contributed by atoms with Crippen LogP contribution in [0.3, 0.4) is 0 Å². The van der Waals surface area contributed by atoms with Gasteiger partial charge in [0.1, 0.15) is 0 Å². The van der Waals surface area contributed by atoms with Gasteiger partial charge in [0.15, 0.2) is 0 Å². The summed E-state index contributed by atoms with van der Waals surface area (Å²) in [6.07, 6.45) is 0. The van der Waals surface area contributed by atoms with Crippen LogP contribution >= 0.6 is 0 Å². The van der Waals surface area contributed by atoms with E-state index < -0.39 is 18.4 Å². The van der Waals surface area contributed by atoms with Crippen molar-refractivity contribution < 1.29 is 9.53 Å². The van der Waals surface area contributed by atoms with E-state index in [0.29, 0.717) is 0 Å². The van der Waals surface area contributed by atoms with Crippen molar-refractivity contribution in [3.63, 3.8) is 0 Å². The second-order valence-electron chi connectivity index (χ2n) is 12.5. The molecule has 0 atom stereocenters. The molecule has 0 saturated heterocycles. The van der Waals surface area contributed by atoms with Crippen molar-refractivity contribution in [2.45, 2.75) is 71.1 Å². The van der Waals surface area contributed by atoms with Crippen LogP contribution in [-0.2, 0) is 25.8 Å². The molecule has 3 rings (SSSR count). The average molecular weight is 603 g/mol. The van der Waals surface area contributed by atoms with Crippen LogP contribution in [0.4, 0.5) is 0 Å². The number of carbonyl (C=O) groups is 1. The average Bonchev–Trinajstić information content (AvgIpc) is 2.88. The zero-order valence-corrected chi connectivity index (χ0v) is 26.7. The zero-order chi connectivity index (χ0) is 27.3. The number of carbonyl (C=O) groups excluding carboxylic acids is 1. The normalized spacial score (nSPS) is 12.7. The van der Waals surface area contributed by atoms with E-state index in [2.05, 4.69) is 139 Å². The fourth-order valence-corrected chi connectivity index (χ4v) is 27.0. The molecule has 0 spiro atoms. The summed E-state index contributed by atoms with van der Waals surface area (Å²) in [5.74, 6) is -0.229. The number of methoxy groups -OCH3 is 1. The van der Waals surface area contributed by atoms with Crippen molar-refractivity contribution >= 4 is 24.3 Å². The van der Waals surface area contributed by atoms with Crippen molar-refractivity contribution in [1.82, 2.24) is 0 Å². The third-order valence-electron chi connectivity index (χ3n) is 8.08. The summed E-state index contributed by atoms with van der Waals surface area (Å²) in [6, 6.07) is 32.3. The van der Waals surface area contributed by atoms with Gasteiger partial charge in [0.25, 0.3) is 0 Å². The third kappa shape index (κ3) is 6.96. The SMILES string of the molecule is C=[C](C(=O)OC)[Sn]([CH2]C(C)(C)c1ccccc1)([CH2]C(C)(C)c1ccccc1)[CH2]C(C)(C)c1ccccc1. The van der Waals surface area contributed by atoms with Crippen LogP contribution in [0.2, 0.25) is 13.3 Å². The van der Waals surface area contributed by atoms with Gasteiger partial charge in [-0.25, -0.2) is 0 Å². The molecule has 2 nitrogen and oxygen atoms in total. The van der Waals surface area contributed by atoms with Gasteiger partial charge in [0.2, 0.25) is 0 Å². The quantitative estimate of drug-likeness (QED) is 0.125. The molecule has 0 aliphatic rings. The van der Waals surface area contributed by atoms with E-state index in [1.807, 2.05) is 0 Å². The van der Waals surface area contributed by atoms with Crippen molar-refractivity contribution in [2.75, 3.05) is 7.11 Å². The number of hydrogen-bond donors (Lipinski definition) is 0. The Morgan fingerprint density at radius 1 is 0.622 bits per heavy atom. The number of hydrogen-bond acceptors (Lipinski definition) is 2. The third-order valence-corrected chi connectivity index (χ3v) is 25.7. The van der Waals surface area contributed by atoms with Gasteiger partial charge in [-0.15, -0.1) is 0 Å². The molecule has 0 unspecified atom stereocenters. The van der Waals surface area contributed by atoms with Crippen LogP contribution in [0.5, 0.6) is 0 Å². The monoisotopic (exact) mass is 604 g/mol. The van der Waals surface area contributed by atoms with Gasteiger partial charge in [-0.1, -0.05) is 0 Å². The Kier molecular flexibility index (Phi) is 9.16. The summed E-state index contributed by atoms with van der Waals surface area (Å²) in [7, 11) is 1.50. The fraction of sp³-hybridized carbons (Fsp3) is 0.382. The molecule has 0 amide bonds. The molecular weight excluding hydrogens is 559 g/mol. The Balaban J connectivity index is 2.21. The van der Waals surface area contributed by atoms with Crippen LogP contribution in [0.1, 0.15) is 58.2 Å². The first-order valence-corrected chi connectivity index (χ1v) is 20.8. The van der Waals surface area contributed by atoms with Gasteiger partial charge in [-0.05, 0) is 0 Å². The van der Waals surface area contributed by atoms with Gasteiger partial charge < -0.3 is 0 Å². The molecule has 196 valence electrons. The number of esters is 1. The standard InChI is InChI=1S/3C10H13.C4H5O2.Sn/c3*1-10(2,3)9-7-5-4-6-8-9;1-3-4(5)6-2;/h3*4-8H,1H2,2-3H3;1H2,2H3;. The topological polar surface area (TPSA) is 26.3 Å². The van der Waals surface area contributed by atoms with Crippen LogP contribution in [-0.4, -0.2) is 31.5 Å². The molecule has 0 aliphatic heterocycles. The number of ether oxygens (including phenoxy) is 1. The number of benzene rings is 3. The molecule has 0 fully saturated rings. The fourth-order valence-electron chi connectivity index (χ4n) is 6.36. The maximum atomic E-state index is 13.4. The Morgan fingerprint density at radius 2 is 0.892 bits per heavy atom. The molecule has 0 aliphatic carbocycles. The molecule has 3 heteroatoms. The van der Waals surface area contributed by atoms with Gasteiger partial charge in [-0.3, -0.25) is 0 Å². The van der Waals surface area contributed by atoms with Crippen LogP contribution in [0, 0.1) is 0 Å².